The Labute approximate surface area is 94.0 Å². The van der Waals surface area contributed by atoms with Gasteiger partial charge in [-0.15, -0.1) is 0 Å². The van der Waals surface area contributed by atoms with Gasteiger partial charge in [-0.3, -0.25) is 4.79 Å². The smallest absolute Gasteiger partial charge is 0.152 e. The monoisotopic (exact) mass is 224 g/mol. The third-order valence-electron chi connectivity index (χ3n) is 2.58. The van der Waals surface area contributed by atoms with E-state index in [1.54, 1.807) is 12.1 Å². The zero-order valence-electron chi connectivity index (χ0n) is 8.37. The molecule has 0 aliphatic carbocycles. The molecule has 15 heavy (non-hydrogen) atoms. The predicted molar refractivity (Wildman–Crippen MR) is 61.9 cm³/mol. The third kappa shape index (κ3) is 2.13. The molecule has 0 radical (unpaired) electrons. The predicted octanol–water partition coefficient (Wildman–Crippen LogP) is 1.56. The largest absolute Gasteiger partial charge is 0.367 e. The minimum atomic E-state index is 0.654. The summed E-state index contributed by atoms with van der Waals surface area (Å²) in [4.78, 5) is 13.1. The van der Waals surface area contributed by atoms with Crippen molar-refractivity contribution in [3.8, 4) is 0 Å². The van der Waals surface area contributed by atoms with E-state index in [-0.39, 0.29) is 0 Å². The van der Waals surface area contributed by atoms with Gasteiger partial charge in [0.15, 0.2) is 6.29 Å². The second-order valence-corrected chi connectivity index (χ2v) is 3.94. The third-order valence-corrected chi connectivity index (χ3v) is 2.88. The molecule has 1 saturated heterocycles. The Hall–Kier alpha value is -1.06. The first-order valence-corrected chi connectivity index (χ1v) is 5.40. The van der Waals surface area contributed by atoms with Crippen molar-refractivity contribution in [2.24, 2.45) is 0 Å². The number of carbonyl (C=O) groups is 1. The average molecular weight is 225 g/mol. The summed E-state index contributed by atoms with van der Waals surface area (Å²) in [7, 11) is 0. The van der Waals surface area contributed by atoms with Crippen molar-refractivity contribution in [2.75, 3.05) is 31.1 Å². The second-order valence-electron chi connectivity index (χ2n) is 3.53. The van der Waals surface area contributed by atoms with Crippen molar-refractivity contribution in [3.05, 3.63) is 28.8 Å². The summed E-state index contributed by atoms with van der Waals surface area (Å²) >= 11 is 6.12. The van der Waals surface area contributed by atoms with Gasteiger partial charge in [0, 0.05) is 31.7 Å². The van der Waals surface area contributed by atoms with Crippen LogP contribution in [0.3, 0.4) is 0 Å². The van der Waals surface area contributed by atoms with Crippen LogP contribution in [0.15, 0.2) is 18.2 Å². The molecule has 1 aliphatic heterocycles. The fourth-order valence-electron chi connectivity index (χ4n) is 1.85. The van der Waals surface area contributed by atoms with E-state index in [1.165, 1.54) is 0 Å². The zero-order valence-corrected chi connectivity index (χ0v) is 9.13. The number of hydrogen-bond donors (Lipinski definition) is 1. The van der Waals surface area contributed by atoms with Crippen molar-refractivity contribution in [3.63, 3.8) is 0 Å². The Morgan fingerprint density at radius 3 is 2.73 bits per heavy atom. The summed E-state index contributed by atoms with van der Waals surface area (Å²) in [5.74, 6) is 0. The minimum Gasteiger partial charge on any atom is -0.367 e. The van der Waals surface area contributed by atoms with Crippen LogP contribution in [0.5, 0.6) is 0 Å². The second kappa shape index (κ2) is 4.64. The standard InChI is InChI=1S/C11H13ClN2O/c12-10-3-1-2-9(8-15)11(10)14-6-4-13-5-7-14/h1-3,8,13H,4-7H2. The number of piperazine rings is 1. The van der Waals surface area contributed by atoms with E-state index in [1.807, 2.05) is 6.07 Å². The van der Waals surface area contributed by atoms with Gasteiger partial charge in [0.25, 0.3) is 0 Å². The van der Waals surface area contributed by atoms with E-state index >= 15 is 0 Å². The molecule has 1 heterocycles. The molecule has 1 aromatic rings. The van der Waals surface area contributed by atoms with E-state index in [0.29, 0.717) is 10.6 Å². The van der Waals surface area contributed by atoms with Crippen LogP contribution in [0.1, 0.15) is 10.4 Å². The van der Waals surface area contributed by atoms with Crippen molar-refractivity contribution in [2.45, 2.75) is 0 Å². The molecule has 0 atom stereocenters. The van der Waals surface area contributed by atoms with Gasteiger partial charge in [-0.1, -0.05) is 17.7 Å². The van der Waals surface area contributed by atoms with Crippen molar-refractivity contribution in [1.29, 1.82) is 0 Å². The maximum absolute atomic E-state index is 10.9. The number of carbonyl (C=O) groups excluding carboxylic acids is 1. The molecule has 80 valence electrons. The Balaban J connectivity index is 2.35. The Bertz CT molecular complexity index is 362. The van der Waals surface area contributed by atoms with Gasteiger partial charge in [-0.2, -0.15) is 0 Å². The summed E-state index contributed by atoms with van der Waals surface area (Å²) in [6, 6.07) is 5.43. The lowest BCUT2D eigenvalue weighted by atomic mass is 10.1. The normalized spacial score (nSPS) is 16.5. The summed E-state index contributed by atoms with van der Waals surface area (Å²) in [6.07, 6.45) is 0.864. The number of aldehydes is 1. The van der Waals surface area contributed by atoms with Gasteiger partial charge in [0.2, 0.25) is 0 Å². The van der Waals surface area contributed by atoms with E-state index < -0.39 is 0 Å². The van der Waals surface area contributed by atoms with Gasteiger partial charge in [0.05, 0.1) is 10.7 Å². The van der Waals surface area contributed by atoms with Gasteiger partial charge in [0.1, 0.15) is 0 Å². The zero-order chi connectivity index (χ0) is 10.7. The first-order chi connectivity index (χ1) is 7.33. The average Bonchev–Trinajstić information content (AvgIpc) is 2.29. The molecule has 0 spiro atoms. The molecule has 3 nitrogen and oxygen atoms in total. The van der Waals surface area contributed by atoms with E-state index in [9.17, 15) is 4.79 Å². The number of benzene rings is 1. The van der Waals surface area contributed by atoms with E-state index in [4.69, 9.17) is 11.6 Å². The number of para-hydroxylation sites is 1. The van der Waals surface area contributed by atoms with E-state index in [2.05, 4.69) is 10.2 Å². The minimum absolute atomic E-state index is 0.654. The molecule has 1 aromatic carbocycles. The lowest BCUT2D eigenvalue weighted by Gasteiger charge is -2.31. The van der Waals surface area contributed by atoms with Crippen LogP contribution in [-0.2, 0) is 0 Å². The highest BCUT2D eigenvalue weighted by molar-refractivity contribution is 6.33. The topological polar surface area (TPSA) is 32.3 Å². The first-order valence-electron chi connectivity index (χ1n) is 5.02. The fourth-order valence-corrected chi connectivity index (χ4v) is 2.15. The van der Waals surface area contributed by atoms with E-state index in [0.717, 1.165) is 38.2 Å². The van der Waals surface area contributed by atoms with Crippen LogP contribution in [0.25, 0.3) is 0 Å². The molecule has 1 N–H and O–H groups in total. The Morgan fingerprint density at radius 2 is 2.07 bits per heavy atom. The Morgan fingerprint density at radius 1 is 1.33 bits per heavy atom. The highest BCUT2D eigenvalue weighted by Crippen LogP contribution is 2.29. The SMILES string of the molecule is O=Cc1cccc(Cl)c1N1CCNCC1. The van der Waals surface area contributed by atoms with Crippen LogP contribution in [0, 0.1) is 0 Å². The molecule has 0 unspecified atom stereocenters. The molecule has 1 fully saturated rings. The van der Waals surface area contributed by atoms with Crippen LogP contribution in [0.4, 0.5) is 5.69 Å². The highest BCUT2D eigenvalue weighted by atomic mass is 35.5. The van der Waals surface area contributed by atoms with Crippen molar-refractivity contribution in [1.82, 2.24) is 5.32 Å². The molecule has 0 bridgehead atoms. The summed E-state index contributed by atoms with van der Waals surface area (Å²) < 4.78 is 0. The van der Waals surface area contributed by atoms with Gasteiger partial charge < -0.3 is 10.2 Å². The number of anilines is 1. The molecule has 1 aliphatic rings. The molecule has 4 heteroatoms. The van der Waals surface area contributed by atoms with Gasteiger partial charge in [-0.05, 0) is 12.1 Å². The molecular weight excluding hydrogens is 212 g/mol. The maximum atomic E-state index is 10.9. The summed E-state index contributed by atoms with van der Waals surface area (Å²) in [5.41, 5.74) is 1.54. The first kappa shape index (κ1) is 10.5. The summed E-state index contributed by atoms with van der Waals surface area (Å²) in [6.45, 7) is 3.65. The maximum Gasteiger partial charge on any atom is 0.152 e. The van der Waals surface area contributed by atoms with Gasteiger partial charge >= 0.3 is 0 Å². The lowest BCUT2D eigenvalue weighted by molar-refractivity contribution is 0.112. The molecule has 2 rings (SSSR count). The van der Waals surface area contributed by atoms with Crippen LogP contribution in [0.2, 0.25) is 5.02 Å². The number of nitrogens with zero attached hydrogens (tertiary/aromatic N) is 1. The van der Waals surface area contributed by atoms with Crippen LogP contribution < -0.4 is 10.2 Å². The van der Waals surface area contributed by atoms with Crippen molar-refractivity contribution >= 4 is 23.6 Å². The van der Waals surface area contributed by atoms with Crippen molar-refractivity contribution < 1.29 is 4.79 Å². The summed E-state index contributed by atoms with van der Waals surface area (Å²) in [5, 5.41) is 3.92. The molecule has 0 aromatic heterocycles. The lowest BCUT2D eigenvalue weighted by Crippen LogP contribution is -2.44. The quantitative estimate of drug-likeness (QED) is 0.774. The molecular formula is C11H13ClN2O. The van der Waals surface area contributed by atoms with Crippen LogP contribution in [-0.4, -0.2) is 32.5 Å². The number of rotatable bonds is 2. The Kier molecular flexibility index (Phi) is 3.23. The van der Waals surface area contributed by atoms with Gasteiger partial charge in [-0.25, -0.2) is 0 Å². The number of hydrogen-bond acceptors (Lipinski definition) is 3. The molecule has 0 saturated carbocycles. The number of nitrogens with one attached hydrogen (secondary N) is 1. The highest BCUT2D eigenvalue weighted by Gasteiger charge is 2.16. The van der Waals surface area contributed by atoms with Crippen LogP contribution >= 0.6 is 11.6 Å². The number of halogens is 1. The molecule has 0 amide bonds. The fraction of sp³-hybridized carbons (Fsp3) is 0.364.